The molecule has 2 heterocycles. The highest BCUT2D eigenvalue weighted by atomic mass is 16.5. The summed E-state index contributed by atoms with van der Waals surface area (Å²) in [5.41, 5.74) is 1.74. The van der Waals surface area contributed by atoms with Crippen LogP contribution in [0.3, 0.4) is 0 Å². The summed E-state index contributed by atoms with van der Waals surface area (Å²) in [4.78, 5) is 29.9. The number of nitrogens with one attached hydrogen (secondary N) is 2. The maximum Gasteiger partial charge on any atom is 0.338 e. The quantitative estimate of drug-likeness (QED) is 0.702. The van der Waals surface area contributed by atoms with Gasteiger partial charge < -0.3 is 25.0 Å². The fraction of sp³-hybridized carbons (Fsp3) is 0.524. The Labute approximate surface area is 171 Å². The third kappa shape index (κ3) is 5.07. The van der Waals surface area contributed by atoms with E-state index >= 15 is 0 Å². The van der Waals surface area contributed by atoms with Gasteiger partial charge in [0.25, 0.3) is 0 Å². The number of benzene rings is 1. The van der Waals surface area contributed by atoms with Gasteiger partial charge >= 0.3 is 12.0 Å². The zero-order chi connectivity index (χ0) is 20.8. The van der Waals surface area contributed by atoms with Crippen molar-refractivity contribution in [2.75, 3.05) is 53.5 Å². The molecule has 1 aromatic rings. The van der Waals surface area contributed by atoms with Gasteiger partial charge in [0.05, 0.1) is 25.3 Å². The Bertz CT molecular complexity index is 780. The first-order chi connectivity index (χ1) is 14.0. The van der Waals surface area contributed by atoms with Crippen molar-refractivity contribution < 1.29 is 19.1 Å². The Kier molecular flexibility index (Phi) is 7.11. The number of ether oxygens (including phenoxy) is 2. The minimum atomic E-state index is -0.636. The summed E-state index contributed by atoms with van der Waals surface area (Å²) in [5.74, 6) is 0.176. The SMILES string of the molecule is CCOC(=O)C1=C(CN2CCCN(C)CC2)NC(=O)N[C@@H]1c1ccccc1OC. The molecule has 8 nitrogen and oxygen atoms in total. The minimum absolute atomic E-state index is 0.261. The molecule has 0 bridgehead atoms. The number of amides is 2. The molecule has 3 rings (SSSR count). The van der Waals surface area contributed by atoms with Crippen LogP contribution in [0.5, 0.6) is 5.75 Å². The normalized spacial score (nSPS) is 21.2. The van der Waals surface area contributed by atoms with Crippen LogP contribution in [0.4, 0.5) is 4.79 Å². The van der Waals surface area contributed by atoms with E-state index in [1.807, 2.05) is 24.3 Å². The Morgan fingerprint density at radius 2 is 2.00 bits per heavy atom. The number of likely N-dealkylation sites (N-methyl/N-ethyl adjacent to an activating group) is 1. The van der Waals surface area contributed by atoms with Crippen LogP contribution in [0.2, 0.25) is 0 Å². The average molecular weight is 402 g/mol. The van der Waals surface area contributed by atoms with Gasteiger partial charge in [-0.25, -0.2) is 9.59 Å². The lowest BCUT2D eigenvalue weighted by Crippen LogP contribution is -2.48. The van der Waals surface area contributed by atoms with E-state index in [0.29, 0.717) is 23.6 Å². The van der Waals surface area contributed by atoms with Gasteiger partial charge in [0.2, 0.25) is 0 Å². The molecule has 2 amide bonds. The molecule has 2 aliphatic heterocycles. The Balaban J connectivity index is 1.99. The molecular weight excluding hydrogens is 372 g/mol. The van der Waals surface area contributed by atoms with Crippen LogP contribution in [0, 0.1) is 0 Å². The van der Waals surface area contributed by atoms with E-state index in [9.17, 15) is 9.59 Å². The number of urea groups is 1. The number of esters is 1. The van der Waals surface area contributed by atoms with E-state index in [2.05, 4.69) is 27.5 Å². The van der Waals surface area contributed by atoms with Crippen LogP contribution in [0.1, 0.15) is 24.9 Å². The van der Waals surface area contributed by atoms with Gasteiger partial charge in [0.1, 0.15) is 5.75 Å². The van der Waals surface area contributed by atoms with E-state index in [4.69, 9.17) is 9.47 Å². The average Bonchev–Trinajstić information content (AvgIpc) is 2.91. The molecule has 1 atom stereocenters. The summed E-state index contributed by atoms with van der Waals surface area (Å²) in [6.07, 6.45) is 1.04. The molecule has 0 saturated carbocycles. The molecule has 1 aromatic carbocycles. The van der Waals surface area contributed by atoms with Gasteiger partial charge in [0.15, 0.2) is 0 Å². The number of carbonyl (C=O) groups is 2. The zero-order valence-corrected chi connectivity index (χ0v) is 17.4. The van der Waals surface area contributed by atoms with Crippen molar-refractivity contribution in [3.05, 3.63) is 41.1 Å². The second-order valence-electron chi connectivity index (χ2n) is 7.32. The lowest BCUT2D eigenvalue weighted by atomic mass is 9.94. The fourth-order valence-corrected chi connectivity index (χ4v) is 3.81. The predicted molar refractivity (Wildman–Crippen MR) is 110 cm³/mol. The second-order valence-corrected chi connectivity index (χ2v) is 7.32. The molecule has 2 N–H and O–H groups in total. The van der Waals surface area contributed by atoms with Crippen molar-refractivity contribution in [1.82, 2.24) is 20.4 Å². The van der Waals surface area contributed by atoms with Crippen molar-refractivity contribution in [3.63, 3.8) is 0 Å². The summed E-state index contributed by atoms with van der Waals surface area (Å²) < 4.78 is 10.8. The predicted octanol–water partition coefficient (Wildman–Crippen LogP) is 1.50. The summed E-state index contributed by atoms with van der Waals surface area (Å²) >= 11 is 0. The number of methoxy groups -OCH3 is 1. The summed E-state index contributed by atoms with van der Waals surface area (Å²) in [6, 6.07) is 6.41. The van der Waals surface area contributed by atoms with Crippen molar-refractivity contribution >= 4 is 12.0 Å². The van der Waals surface area contributed by atoms with Crippen molar-refractivity contribution in [2.24, 2.45) is 0 Å². The third-order valence-electron chi connectivity index (χ3n) is 5.29. The van der Waals surface area contributed by atoms with Crippen LogP contribution in [0.25, 0.3) is 0 Å². The molecule has 0 radical (unpaired) electrons. The van der Waals surface area contributed by atoms with Gasteiger partial charge in [0, 0.05) is 30.9 Å². The van der Waals surface area contributed by atoms with Gasteiger partial charge in [-0.05, 0) is 39.5 Å². The molecule has 0 spiro atoms. The van der Waals surface area contributed by atoms with Crippen LogP contribution >= 0.6 is 0 Å². The van der Waals surface area contributed by atoms with E-state index in [0.717, 1.165) is 38.2 Å². The van der Waals surface area contributed by atoms with Gasteiger partial charge in [-0.3, -0.25) is 4.90 Å². The number of rotatable bonds is 6. The van der Waals surface area contributed by atoms with Crippen LogP contribution in [-0.4, -0.2) is 75.3 Å². The molecular formula is C21H30N4O4. The number of hydrogen-bond donors (Lipinski definition) is 2. The van der Waals surface area contributed by atoms with Crippen LogP contribution in [-0.2, 0) is 9.53 Å². The largest absolute Gasteiger partial charge is 0.496 e. The number of para-hydroxylation sites is 1. The highest BCUT2D eigenvalue weighted by molar-refractivity contribution is 5.95. The number of nitrogens with zero attached hydrogens (tertiary/aromatic N) is 2. The second kappa shape index (κ2) is 9.76. The number of hydrogen-bond acceptors (Lipinski definition) is 6. The summed E-state index contributed by atoms with van der Waals surface area (Å²) in [6.45, 7) is 6.29. The van der Waals surface area contributed by atoms with Gasteiger partial charge in [-0.1, -0.05) is 18.2 Å². The standard InChI is InChI=1S/C21H30N4O4/c1-4-29-20(26)18-16(14-25-11-7-10-24(2)12-13-25)22-21(27)23-19(18)15-8-5-6-9-17(15)28-3/h5-6,8-9,19H,4,7,10-14H2,1-3H3,(H2,22,23,27)/t19-/m1/s1. The zero-order valence-electron chi connectivity index (χ0n) is 17.4. The lowest BCUT2D eigenvalue weighted by molar-refractivity contribution is -0.139. The number of carbonyl (C=O) groups excluding carboxylic acids is 2. The fourth-order valence-electron chi connectivity index (χ4n) is 3.81. The third-order valence-corrected chi connectivity index (χ3v) is 5.29. The molecule has 2 aliphatic rings. The van der Waals surface area contributed by atoms with E-state index in [1.54, 1.807) is 14.0 Å². The topological polar surface area (TPSA) is 83.1 Å². The van der Waals surface area contributed by atoms with Crippen LogP contribution in [0.15, 0.2) is 35.5 Å². The van der Waals surface area contributed by atoms with Crippen molar-refractivity contribution in [1.29, 1.82) is 0 Å². The molecule has 158 valence electrons. The van der Waals surface area contributed by atoms with Gasteiger partial charge in [-0.15, -0.1) is 0 Å². The van der Waals surface area contributed by atoms with Crippen LogP contribution < -0.4 is 15.4 Å². The molecule has 1 saturated heterocycles. The maximum absolute atomic E-state index is 12.9. The molecule has 29 heavy (non-hydrogen) atoms. The van der Waals surface area contributed by atoms with Crippen molar-refractivity contribution in [3.8, 4) is 5.75 Å². The van der Waals surface area contributed by atoms with E-state index in [1.165, 1.54) is 0 Å². The summed E-state index contributed by atoms with van der Waals surface area (Å²) in [5, 5.41) is 5.72. The first kappa shape index (κ1) is 21.1. The van der Waals surface area contributed by atoms with Crippen molar-refractivity contribution in [2.45, 2.75) is 19.4 Å². The first-order valence-electron chi connectivity index (χ1n) is 10.0. The molecule has 8 heteroatoms. The van der Waals surface area contributed by atoms with E-state index in [-0.39, 0.29) is 12.6 Å². The highest BCUT2D eigenvalue weighted by Gasteiger charge is 2.35. The van der Waals surface area contributed by atoms with E-state index < -0.39 is 12.0 Å². The molecule has 0 aromatic heterocycles. The first-order valence-corrected chi connectivity index (χ1v) is 10.0. The monoisotopic (exact) mass is 402 g/mol. The minimum Gasteiger partial charge on any atom is -0.496 e. The Morgan fingerprint density at radius 1 is 1.21 bits per heavy atom. The summed E-state index contributed by atoms with van der Waals surface area (Å²) in [7, 11) is 3.68. The Morgan fingerprint density at radius 3 is 2.76 bits per heavy atom. The highest BCUT2D eigenvalue weighted by Crippen LogP contribution is 2.33. The Hall–Kier alpha value is -2.58. The molecule has 1 fully saturated rings. The molecule has 0 aliphatic carbocycles. The maximum atomic E-state index is 12.9. The smallest absolute Gasteiger partial charge is 0.338 e. The molecule has 0 unspecified atom stereocenters. The van der Waals surface area contributed by atoms with Gasteiger partial charge in [-0.2, -0.15) is 0 Å². The lowest BCUT2D eigenvalue weighted by Gasteiger charge is -2.32.